The number of rotatable bonds is 3. The van der Waals surface area contributed by atoms with Crippen LogP contribution in [0.4, 0.5) is 0 Å². The highest BCUT2D eigenvalue weighted by Crippen LogP contribution is 2.19. The van der Waals surface area contributed by atoms with Crippen molar-refractivity contribution >= 4 is 0 Å². The molecular weight excluding hydrogens is 154 g/mol. The first-order valence-corrected chi connectivity index (χ1v) is 4.60. The molecule has 0 aromatic carbocycles. The van der Waals surface area contributed by atoms with E-state index in [-0.39, 0.29) is 12.6 Å². The van der Waals surface area contributed by atoms with Crippen molar-refractivity contribution in [1.29, 1.82) is 0 Å². The minimum absolute atomic E-state index is 0.218. The van der Waals surface area contributed by atoms with E-state index in [9.17, 15) is 5.11 Å². The molecule has 0 radical (unpaired) electrons. The number of nitrogens with zero attached hydrogens (tertiary/aromatic N) is 1. The van der Waals surface area contributed by atoms with Gasteiger partial charge in [0.05, 0.1) is 12.2 Å². The van der Waals surface area contributed by atoms with Gasteiger partial charge in [0, 0.05) is 12.6 Å². The molecule has 0 bridgehead atoms. The molecule has 0 saturated carbocycles. The van der Waals surface area contributed by atoms with Gasteiger partial charge in [-0.1, -0.05) is 0 Å². The van der Waals surface area contributed by atoms with Gasteiger partial charge in [-0.25, -0.2) is 0 Å². The second-order valence-corrected chi connectivity index (χ2v) is 4.26. The van der Waals surface area contributed by atoms with Gasteiger partial charge in [-0.05, 0) is 33.2 Å². The quantitative estimate of drug-likeness (QED) is 0.641. The van der Waals surface area contributed by atoms with Crippen LogP contribution in [0.2, 0.25) is 0 Å². The first-order chi connectivity index (χ1) is 5.53. The smallest absolute Gasteiger partial charge is 0.0718 e. The summed E-state index contributed by atoms with van der Waals surface area (Å²) >= 11 is 0. The molecule has 1 unspecified atom stereocenters. The molecule has 0 aliphatic carbocycles. The van der Waals surface area contributed by atoms with Gasteiger partial charge in [-0.15, -0.1) is 0 Å². The van der Waals surface area contributed by atoms with Crippen molar-refractivity contribution in [2.75, 3.05) is 19.7 Å². The van der Waals surface area contributed by atoms with E-state index < -0.39 is 5.60 Å². The molecule has 0 aromatic rings. The van der Waals surface area contributed by atoms with Crippen LogP contribution < -0.4 is 0 Å². The summed E-state index contributed by atoms with van der Waals surface area (Å²) in [4.78, 5) is 2.17. The zero-order valence-electron chi connectivity index (χ0n) is 7.95. The zero-order chi connectivity index (χ0) is 9.19. The van der Waals surface area contributed by atoms with Gasteiger partial charge in [-0.3, -0.25) is 4.90 Å². The molecule has 72 valence electrons. The van der Waals surface area contributed by atoms with Gasteiger partial charge < -0.3 is 10.2 Å². The Morgan fingerprint density at radius 2 is 2.17 bits per heavy atom. The normalized spacial score (nSPS) is 26.5. The monoisotopic (exact) mass is 173 g/mol. The number of hydrogen-bond donors (Lipinski definition) is 2. The SMILES string of the molecule is CC(C)(O)CN1CCCC1CO. The number of hydrogen-bond acceptors (Lipinski definition) is 3. The molecule has 1 atom stereocenters. The van der Waals surface area contributed by atoms with Crippen LogP contribution in [0.1, 0.15) is 26.7 Å². The van der Waals surface area contributed by atoms with E-state index >= 15 is 0 Å². The van der Waals surface area contributed by atoms with Crippen LogP contribution in [0, 0.1) is 0 Å². The van der Waals surface area contributed by atoms with Crippen LogP contribution in [0.25, 0.3) is 0 Å². The molecule has 1 saturated heterocycles. The minimum Gasteiger partial charge on any atom is -0.395 e. The Kier molecular flexibility index (Phi) is 3.09. The number of aliphatic hydroxyl groups is 2. The maximum Gasteiger partial charge on any atom is 0.0718 e. The molecule has 0 spiro atoms. The summed E-state index contributed by atoms with van der Waals surface area (Å²) in [6.45, 7) is 5.50. The maximum absolute atomic E-state index is 9.57. The van der Waals surface area contributed by atoms with E-state index in [0.29, 0.717) is 6.54 Å². The van der Waals surface area contributed by atoms with Crippen molar-refractivity contribution in [3.8, 4) is 0 Å². The van der Waals surface area contributed by atoms with Gasteiger partial charge >= 0.3 is 0 Å². The Labute approximate surface area is 74.0 Å². The highest BCUT2D eigenvalue weighted by Gasteiger charge is 2.27. The predicted molar refractivity (Wildman–Crippen MR) is 48.0 cm³/mol. The molecule has 0 amide bonds. The summed E-state index contributed by atoms with van der Waals surface area (Å²) < 4.78 is 0. The highest BCUT2D eigenvalue weighted by atomic mass is 16.3. The lowest BCUT2D eigenvalue weighted by molar-refractivity contribution is 0.0234. The maximum atomic E-state index is 9.57. The van der Waals surface area contributed by atoms with Crippen LogP contribution in [0.3, 0.4) is 0 Å². The molecule has 1 aliphatic rings. The number of likely N-dealkylation sites (tertiary alicyclic amines) is 1. The number of aliphatic hydroxyl groups excluding tert-OH is 1. The molecule has 0 aromatic heterocycles. The van der Waals surface area contributed by atoms with Gasteiger partial charge in [0.25, 0.3) is 0 Å². The zero-order valence-corrected chi connectivity index (χ0v) is 7.95. The van der Waals surface area contributed by atoms with Crippen molar-refractivity contribution in [2.45, 2.75) is 38.3 Å². The van der Waals surface area contributed by atoms with Crippen LogP contribution in [0.15, 0.2) is 0 Å². The van der Waals surface area contributed by atoms with Gasteiger partial charge in [0.15, 0.2) is 0 Å². The second kappa shape index (κ2) is 3.73. The third-order valence-corrected chi connectivity index (χ3v) is 2.30. The molecule has 3 nitrogen and oxygen atoms in total. The van der Waals surface area contributed by atoms with Gasteiger partial charge in [0.1, 0.15) is 0 Å². The highest BCUT2D eigenvalue weighted by molar-refractivity contribution is 4.82. The van der Waals surface area contributed by atoms with Crippen LogP contribution in [-0.4, -0.2) is 46.5 Å². The molecule has 1 heterocycles. The van der Waals surface area contributed by atoms with Crippen molar-refractivity contribution in [2.24, 2.45) is 0 Å². The predicted octanol–water partition coefficient (Wildman–Crippen LogP) is 0.214. The summed E-state index contributed by atoms with van der Waals surface area (Å²) in [5.74, 6) is 0. The van der Waals surface area contributed by atoms with Gasteiger partial charge in [0.2, 0.25) is 0 Å². The summed E-state index contributed by atoms with van der Waals surface area (Å²) in [6, 6.07) is 0.274. The van der Waals surface area contributed by atoms with E-state index in [1.54, 1.807) is 13.8 Å². The van der Waals surface area contributed by atoms with E-state index in [1.807, 2.05) is 0 Å². The second-order valence-electron chi connectivity index (χ2n) is 4.26. The van der Waals surface area contributed by atoms with E-state index in [4.69, 9.17) is 5.11 Å². The lowest BCUT2D eigenvalue weighted by atomic mass is 10.1. The Morgan fingerprint density at radius 3 is 2.67 bits per heavy atom. The van der Waals surface area contributed by atoms with E-state index in [0.717, 1.165) is 19.4 Å². The van der Waals surface area contributed by atoms with E-state index in [1.165, 1.54) is 0 Å². The Balaban J connectivity index is 2.41. The summed E-state index contributed by atoms with van der Waals surface area (Å²) in [5, 5.41) is 18.6. The summed E-state index contributed by atoms with van der Waals surface area (Å²) in [5.41, 5.74) is -0.641. The van der Waals surface area contributed by atoms with Crippen LogP contribution >= 0.6 is 0 Å². The standard InChI is InChI=1S/C9H19NO2/c1-9(2,12)7-10-5-3-4-8(10)6-11/h8,11-12H,3-7H2,1-2H3. The fourth-order valence-electron chi connectivity index (χ4n) is 1.81. The molecule has 1 aliphatic heterocycles. The largest absolute Gasteiger partial charge is 0.395 e. The first kappa shape index (κ1) is 9.96. The molecule has 3 heteroatoms. The lowest BCUT2D eigenvalue weighted by Crippen LogP contribution is -2.42. The fraction of sp³-hybridized carbons (Fsp3) is 1.00. The van der Waals surface area contributed by atoms with Crippen molar-refractivity contribution < 1.29 is 10.2 Å². The van der Waals surface area contributed by atoms with E-state index in [2.05, 4.69) is 4.90 Å². The molecule has 1 rings (SSSR count). The van der Waals surface area contributed by atoms with Crippen molar-refractivity contribution in [3.63, 3.8) is 0 Å². The number of β-amino-alcohol motifs (C(OH)–C–C–N with tert-alkyl or cyclic N) is 1. The van der Waals surface area contributed by atoms with Crippen LogP contribution in [0.5, 0.6) is 0 Å². The average molecular weight is 173 g/mol. The Morgan fingerprint density at radius 1 is 1.50 bits per heavy atom. The summed E-state index contributed by atoms with van der Waals surface area (Å²) in [7, 11) is 0. The van der Waals surface area contributed by atoms with Crippen molar-refractivity contribution in [1.82, 2.24) is 4.90 Å². The fourth-order valence-corrected chi connectivity index (χ4v) is 1.81. The third-order valence-electron chi connectivity index (χ3n) is 2.30. The van der Waals surface area contributed by atoms with Gasteiger partial charge in [-0.2, -0.15) is 0 Å². The average Bonchev–Trinajstić information content (AvgIpc) is 2.31. The lowest BCUT2D eigenvalue weighted by Gasteiger charge is -2.29. The van der Waals surface area contributed by atoms with Crippen LogP contribution in [-0.2, 0) is 0 Å². The summed E-state index contributed by atoms with van der Waals surface area (Å²) in [6.07, 6.45) is 2.20. The Hall–Kier alpha value is -0.120. The minimum atomic E-state index is -0.641. The third kappa shape index (κ3) is 2.73. The molecular formula is C9H19NO2. The Bertz CT molecular complexity index is 142. The topological polar surface area (TPSA) is 43.7 Å². The molecule has 12 heavy (non-hydrogen) atoms. The van der Waals surface area contributed by atoms with Crippen molar-refractivity contribution in [3.05, 3.63) is 0 Å². The molecule has 1 fully saturated rings. The molecule has 2 N–H and O–H groups in total. The first-order valence-electron chi connectivity index (χ1n) is 4.60.